The number of esters is 1. The van der Waals surface area contributed by atoms with Crippen molar-refractivity contribution in [2.24, 2.45) is 0 Å². The molecule has 1 fully saturated rings. The Hall–Kier alpha value is -5.26. The quantitative estimate of drug-likeness (QED) is 0.246. The molecule has 0 spiro atoms. The molecule has 12 nitrogen and oxygen atoms in total. The van der Waals surface area contributed by atoms with Crippen LogP contribution in [-0.4, -0.2) is 52.3 Å². The van der Waals surface area contributed by atoms with Gasteiger partial charge in [-0.25, -0.2) is 14.5 Å². The fourth-order valence-corrected chi connectivity index (χ4v) is 3.72. The second-order valence-corrected chi connectivity index (χ2v) is 7.95. The van der Waals surface area contributed by atoms with Crippen molar-refractivity contribution >= 4 is 35.6 Å². The summed E-state index contributed by atoms with van der Waals surface area (Å²) in [6.07, 6.45) is 1.33. The number of benzene rings is 2. The van der Waals surface area contributed by atoms with Crippen molar-refractivity contribution in [2.75, 3.05) is 33.3 Å². The Balaban J connectivity index is 1.58. The van der Waals surface area contributed by atoms with Gasteiger partial charge < -0.3 is 28.1 Å². The van der Waals surface area contributed by atoms with Gasteiger partial charge in [-0.3, -0.25) is 14.9 Å². The predicted molar refractivity (Wildman–Crippen MR) is 136 cm³/mol. The fourth-order valence-electron chi connectivity index (χ4n) is 3.72. The predicted octanol–water partition coefficient (Wildman–Crippen LogP) is 3.34. The number of barbiturate groups is 1. The molecule has 1 N–H and O–H groups in total. The van der Waals surface area contributed by atoms with E-state index in [-0.39, 0.29) is 29.4 Å². The molecule has 1 aliphatic heterocycles. The minimum absolute atomic E-state index is 0.00452. The molecule has 3 aromatic rings. The Morgan fingerprint density at radius 3 is 2.36 bits per heavy atom. The van der Waals surface area contributed by atoms with Crippen LogP contribution < -0.4 is 29.2 Å². The Kier molecular flexibility index (Phi) is 7.85. The van der Waals surface area contributed by atoms with Crippen LogP contribution in [0.15, 0.2) is 58.5 Å². The first-order valence-electron chi connectivity index (χ1n) is 11.4. The molecule has 2 aromatic carbocycles. The summed E-state index contributed by atoms with van der Waals surface area (Å²) >= 11 is 0. The fraction of sp³-hybridized carbons (Fsp3) is 0.185. The molecule has 4 rings (SSSR count). The van der Waals surface area contributed by atoms with Gasteiger partial charge in [0.25, 0.3) is 11.8 Å². The third-order valence-electron chi connectivity index (χ3n) is 5.65. The number of carbonyl (C=O) groups excluding carboxylic acids is 4. The third kappa shape index (κ3) is 5.54. The smallest absolute Gasteiger partial charge is 0.373 e. The lowest BCUT2D eigenvalue weighted by molar-refractivity contribution is -0.122. The van der Waals surface area contributed by atoms with Gasteiger partial charge in [0.05, 0.1) is 34.1 Å². The standard InChI is InChI=1S/C27H24N2O10/c1-34-16-6-8-19(22(13-16)35-2)29-25(31)18(24(30)28-27(29)33)11-15-5-9-20(23(12-15)36-3)38-14-17-7-10-21(39-17)26(32)37-4/h5-13H,14H2,1-4H3,(H,28,30,33)/b18-11-. The van der Waals surface area contributed by atoms with Crippen LogP contribution in [0, 0.1) is 0 Å². The number of carbonyl (C=O) groups is 4. The second kappa shape index (κ2) is 11.4. The van der Waals surface area contributed by atoms with Crippen LogP contribution in [0.2, 0.25) is 0 Å². The number of rotatable bonds is 9. The van der Waals surface area contributed by atoms with Crippen molar-refractivity contribution < 1.29 is 47.3 Å². The molecular formula is C27H24N2O10. The van der Waals surface area contributed by atoms with E-state index in [9.17, 15) is 19.2 Å². The van der Waals surface area contributed by atoms with E-state index in [0.29, 0.717) is 28.6 Å². The number of hydrogen-bond donors (Lipinski definition) is 1. The molecule has 4 amide bonds. The Bertz CT molecular complexity index is 1470. The summed E-state index contributed by atoms with van der Waals surface area (Å²) in [7, 11) is 5.52. The van der Waals surface area contributed by atoms with Crippen LogP contribution >= 0.6 is 0 Å². The van der Waals surface area contributed by atoms with Crippen molar-refractivity contribution in [1.29, 1.82) is 0 Å². The number of hydrogen-bond acceptors (Lipinski definition) is 10. The van der Waals surface area contributed by atoms with Crippen LogP contribution in [0.5, 0.6) is 23.0 Å². The van der Waals surface area contributed by atoms with Crippen molar-refractivity contribution in [3.63, 3.8) is 0 Å². The van der Waals surface area contributed by atoms with E-state index in [1.807, 2.05) is 0 Å². The first-order chi connectivity index (χ1) is 18.8. The first kappa shape index (κ1) is 26.8. The van der Waals surface area contributed by atoms with Gasteiger partial charge in [-0.15, -0.1) is 0 Å². The SMILES string of the molecule is COC(=O)c1ccc(COc2ccc(/C=C3/C(=O)NC(=O)N(c4ccc(OC)cc4OC)C3=O)cc2OC)o1. The van der Waals surface area contributed by atoms with E-state index in [1.54, 1.807) is 30.3 Å². The topological polar surface area (TPSA) is 143 Å². The second-order valence-electron chi connectivity index (χ2n) is 7.95. The number of nitrogens with zero attached hydrogens (tertiary/aromatic N) is 1. The number of urea groups is 1. The average molecular weight is 536 g/mol. The van der Waals surface area contributed by atoms with E-state index in [0.717, 1.165) is 4.90 Å². The molecule has 202 valence electrons. The van der Waals surface area contributed by atoms with Crippen LogP contribution in [0.1, 0.15) is 21.9 Å². The Morgan fingerprint density at radius 1 is 0.897 bits per heavy atom. The number of nitrogens with one attached hydrogen (secondary N) is 1. The highest BCUT2D eigenvalue weighted by atomic mass is 16.5. The van der Waals surface area contributed by atoms with Gasteiger partial charge in [0.2, 0.25) is 5.76 Å². The molecule has 2 heterocycles. The zero-order chi connectivity index (χ0) is 28.1. The van der Waals surface area contributed by atoms with Crippen molar-refractivity contribution in [3.05, 3.63) is 71.2 Å². The van der Waals surface area contributed by atoms with Crippen LogP contribution in [0.3, 0.4) is 0 Å². The zero-order valence-electron chi connectivity index (χ0n) is 21.4. The van der Waals surface area contributed by atoms with Crippen LogP contribution in [-0.2, 0) is 20.9 Å². The molecule has 0 atom stereocenters. The minimum Gasteiger partial charge on any atom is -0.497 e. The van der Waals surface area contributed by atoms with Crippen LogP contribution in [0.4, 0.5) is 10.5 Å². The molecule has 0 radical (unpaired) electrons. The van der Waals surface area contributed by atoms with Gasteiger partial charge in [-0.2, -0.15) is 0 Å². The zero-order valence-corrected chi connectivity index (χ0v) is 21.4. The number of anilines is 1. The summed E-state index contributed by atoms with van der Waals surface area (Å²) in [5, 5.41) is 2.17. The minimum atomic E-state index is -0.916. The summed E-state index contributed by atoms with van der Waals surface area (Å²) in [5.74, 6) is -0.580. The number of imide groups is 2. The third-order valence-corrected chi connectivity index (χ3v) is 5.65. The molecule has 12 heteroatoms. The van der Waals surface area contributed by atoms with E-state index >= 15 is 0 Å². The average Bonchev–Trinajstić information content (AvgIpc) is 3.43. The van der Waals surface area contributed by atoms with Gasteiger partial charge >= 0.3 is 12.0 Å². The summed E-state index contributed by atoms with van der Waals surface area (Å²) in [6, 6.07) is 11.4. The van der Waals surface area contributed by atoms with Crippen molar-refractivity contribution in [1.82, 2.24) is 5.32 Å². The number of methoxy groups -OCH3 is 4. The first-order valence-corrected chi connectivity index (χ1v) is 11.4. The molecule has 1 aliphatic rings. The summed E-state index contributed by atoms with van der Waals surface area (Å²) in [6.45, 7) is -0.00452. The Morgan fingerprint density at radius 2 is 1.67 bits per heavy atom. The van der Waals surface area contributed by atoms with E-state index in [2.05, 4.69) is 10.1 Å². The van der Waals surface area contributed by atoms with Gasteiger partial charge in [-0.1, -0.05) is 6.07 Å². The van der Waals surface area contributed by atoms with Gasteiger partial charge in [0, 0.05) is 6.07 Å². The van der Waals surface area contributed by atoms with E-state index in [4.69, 9.17) is 23.4 Å². The molecule has 0 aliphatic carbocycles. The molecule has 1 saturated heterocycles. The molecule has 1 aromatic heterocycles. The van der Waals surface area contributed by atoms with Crippen LogP contribution in [0.25, 0.3) is 6.08 Å². The molecule has 39 heavy (non-hydrogen) atoms. The number of furan rings is 1. The highest BCUT2D eigenvalue weighted by Crippen LogP contribution is 2.35. The Labute approximate surface area is 222 Å². The molecule has 0 saturated carbocycles. The van der Waals surface area contributed by atoms with E-state index in [1.165, 1.54) is 52.7 Å². The van der Waals surface area contributed by atoms with Gasteiger partial charge in [0.1, 0.15) is 29.4 Å². The summed E-state index contributed by atoms with van der Waals surface area (Å²) < 4.78 is 31.6. The highest BCUT2D eigenvalue weighted by molar-refractivity contribution is 6.39. The van der Waals surface area contributed by atoms with Crippen molar-refractivity contribution in [2.45, 2.75) is 6.61 Å². The molecular weight excluding hydrogens is 512 g/mol. The van der Waals surface area contributed by atoms with Crippen molar-refractivity contribution in [3.8, 4) is 23.0 Å². The van der Waals surface area contributed by atoms with E-state index < -0.39 is 23.8 Å². The molecule has 0 bridgehead atoms. The normalized spacial score (nSPS) is 14.2. The maximum atomic E-state index is 13.3. The number of ether oxygens (including phenoxy) is 5. The lowest BCUT2D eigenvalue weighted by atomic mass is 10.1. The van der Waals surface area contributed by atoms with Gasteiger partial charge in [0.15, 0.2) is 11.5 Å². The summed E-state index contributed by atoms with van der Waals surface area (Å²) in [5.41, 5.74) is 0.280. The lowest BCUT2D eigenvalue weighted by Gasteiger charge is -2.27. The van der Waals surface area contributed by atoms with Gasteiger partial charge in [-0.05, 0) is 48.0 Å². The monoisotopic (exact) mass is 536 g/mol. The highest BCUT2D eigenvalue weighted by Gasteiger charge is 2.38. The lowest BCUT2D eigenvalue weighted by Crippen LogP contribution is -2.54. The largest absolute Gasteiger partial charge is 0.497 e. The molecule has 0 unspecified atom stereocenters. The maximum absolute atomic E-state index is 13.3. The number of amides is 4. The summed E-state index contributed by atoms with van der Waals surface area (Å²) in [4.78, 5) is 50.9. The maximum Gasteiger partial charge on any atom is 0.373 e.